The first kappa shape index (κ1) is 11.3. The number of ether oxygens (including phenoxy) is 2. The summed E-state index contributed by atoms with van der Waals surface area (Å²) in [5.74, 6) is 1.44. The summed E-state index contributed by atoms with van der Waals surface area (Å²) in [6, 6.07) is 7.53. The SMILES string of the molecule is COc1ccccc1OC[C@H]1CC(Br)=NO1. The van der Waals surface area contributed by atoms with E-state index in [9.17, 15) is 0 Å². The highest BCUT2D eigenvalue weighted by molar-refractivity contribution is 9.18. The predicted octanol–water partition coefficient (Wildman–Crippen LogP) is 2.57. The Hall–Kier alpha value is -1.23. The fourth-order valence-electron chi connectivity index (χ4n) is 1.40. The largest absolute Gasteiger partial charge is 0.493 e. The zero-order valence-electron chi connectivity index (χ0n) is 8.85. The quantitative estimate of drug-likeness (QED) is 0.854. The molecule has 0 unspecified atom stereocenters. The molecule has 1 heterocycles. The van der Waals surface area contributed by atoms with Gasteiger partial charge < -0.3 is 14.3 Å². The van der Waals surface area contributed by atoms with Crippen LogP contribution in [0, 0.1) is 0 Å². The molecule has 1 aromatic rings. The lowest BCUT2D eigenvalue weighted by Crippen LogP contribution is -2.17. The first-order valence-corrected chi connectivity index (χ1v) is 5.73. The number of benzene rings is 1. The second-order valence-electron chi connectivity index (χ2n) is 3.36. The number of rotatable bonds is 4. The number of halogens is 1. The Labute approximate surface area is 102 Å². The second kappa shape index (κ2) is 5.21. The maximum absolute atomic E-state index is 5.62. The molecular weight excluding hydrogens is 274 g/mol. The number of hydrogen-bond acceptors (Lipinski definition) is 4. The number of oxime groups is 1. The molecule has 0 amide bonds. The van der Waals surface area contributed by atoms with Gasteiger partial charge in [-0.1, -0.05) is 17.3 Å². The summed E-state index contributed by atoms with van der Waals surface area (Å²) in [6.45, 7) is 0.457. The summed E-state index contributed by atoms with van der Waals surface area (Å²) < 4.78 is 11.6. The minimum atomic E-state index is -0.0284. The van der Waals surface area contributed by atoms with E-state index in [1.165, 1.54) is 0 Å². The molecular formula is C11H12BrNO3. The summed E-state index contributed by atoms with van der Waals surface area (Å²) >= 11 is 3.28. The predicted molar refractivity (Wildman–Crippen MR) is 64.3 cm³/mol. The normalized spacial score (nSPS) is 18.9. The molecule has 0 bridgehead atoms. The average molecular weight is 286 g/mol. The van der Waals surface area contributed by atoms with Crippen LogP contribution in [0.1, 0.15) is 6.42 Å². The van der Waals surface area contributed by atoms with Gasteiger partial charge in [-0.15, -0.1) is 0 Å². The van der Waals surface area contributed by atoms with E-state index in [-0.39, 0.29) is 6.10 Å². The summed E-state index contributed by atoms with van der Waals surface area (Å²) in [5, 5.41) is 3.79. The van der Waals surface area contributed by atoms with Gasteiger partial charge in [0.2, 0.25) is 0 Å². The zero-order chi connectivity index (χ0) is 11.4. The van der Waals surface area contributed by atoms with Gasteiger partial charge in [0.1, 0.15) is 11.2 Å². The monoisotopic (exact) mass is 285 g/mol. The highest BCUT2D eigenvalue weighted by Crippen LogP contribution is 2.26. The smallest absolute Gasteiger partial charge is 0.167 e. The first-order valence-electron chi connectivity index (χ1n) is 4.93. The molecule has 1 aliphatic rings. The number of hydrogen-bond donors (Lipinski definition) is 0. The molecule has 0 fully saturated rings. The summed E-state index contributed by atoms with van der Waals surface area (Å²) in [7, 11) is 1.62. The van der Waals surface area contributed by atoms with Crippen LogP contribution in [-0.2, 0) is 4.84 Å². The topological polar surface area (TPSA) is 40.0 Å². The highest BCUT2D eigenvalue weighted by atomic mass is 79.9. The summed E-state index contributed by atoms with van der Waals surface area (Å²) in [4.78, 5) is 5.14. The maximum atomic E-state index is 5.62. The van der Waals surface area contributed by atoms with Crippen molar-refractivity contribution in [3.05, 3.63) is 24.3 Å². The van der Waals surface area contributed by atoms with E-state index in [4.69, 9.17) is 14.3 Å². The fraction of sp³-hybridized carbons (Fsp3) is 0.364. The minimum absolute atomic E-state index is 0.0284. The third-order valence-corrected chi connectivity index (χ3v) is 2.66. The van der Waals surface area contributed by atoms with Crippen LogP contribution in [0.25, 0.3) is 0 Å². The Morgan fingerprint density at radius 3 is 2.81 bits per heavy atom. The van der Waals surface area contributed by atoms with E-state index < -0.39 is 0 Å². The van der Waals surface area contributed by atoms with Crippen molar-refractivity contribution < 1.29 is 14.3 Å². The van der Waals surface area contributed by atoms with Crippen molar-refractivity contribution in [2.45, 2.75) is 12.5 Å². The second-order valence-corrected chi connectivity index (χ2v) is 4.28. The average Bonchev–Trinajstić information content (AvgIpc) is 2.73. The molecule has 1 aliphatic heterocycles. The van der Waals surface area contributed by atoms with E-state index in [1.807, 2.05) is 24.3 Å². The minimum Gasteiger partial charge on any atom is -0.493 e. The Morgan fingerprint density at radius 1 is 1.44 bits per heavy atom. The molecule has 0 radical (unpaired) electrons. The lowest BCUT2D eigenvalue weighted by Gasteiger charge is -2.12. The molecule has 0 saturated heterocycles. The van der Waals surface area contributed by atoms with Crippen molar-refractivity contribution in [3.8, 4) is 11.5 Å². The van der Waals surface area contributed by atoms with Crippen molar-refractivity contribution in [1.82, 2.24) is 0 Å². The molecule has 16 heavy (non-hydrogen) atoms. The maximum Gasteiger partial charge on any atom is 0.167 e. The number of para-hydroxylation sites is 2. The molecule has 0 spiro atoms. The summed E-state index contributed by atoms with van der Waals surface area (Å²) in [5.41, 5.74) is 0. The number of methoxy groups -OCH3 is 1. The molecule has 2 rings (SSSR count). The Kier molecular flexibility index (Phi) is 3.66. The van der Waals surface area contributed by atoms with Gasteiger partial charge in [0.15, 0.2) is 17.6 Å². The molecule has 5 heteroatoms. The lowest BCUT2D eigenvalue weighted by atomic mass is 10.3. The molecule has 4 nitrogen and oxygen atoms in total. The van der Waals surface area contributed by atoms with E-state index in [1.54, 1.807) is 7.11 Å². The third kappa shape index (κ3) is 2.66. The van der Waals surface area contributed by atoms with Crippen LogP contribution >= 0.6 is 15.9 Å². The number of nitrogens with zero attached hydrogens (tertiary/aromatic N) is 1. The molecule has 0 aliphatic carbocycles. The molecule has 0 aromatic heterocycles. The highest BCUT2D eigenvalue weighted by Gasteiger charge is 2.20. The van der Waals surface area contributed by atoms with E-state index in [2.05, 4.69) is 21.1 Å². The van der Waals surface area contributed by atoms with Crippen molar-refractivity contribution in [1.29, 1.82) is 0 Å². The van der Waals surface area contributed by atoms with E-state index >= 15 is 0 Å². The van der Waals surface area contributed by atoms with Gasteiger partial charge >= 0.3 is 0 Å². The van der Waals surface area contributed by atoms with Gasteiger partial charge in [0.05, 0.1) is 7.11 Å². The standard InChI is InChI=1S/C11H12BrNO3/c1-14-9-4-2-3-5-10(9)15-7-8-6-11(12)13-16-8/h2-5,8H,6-7H2,1H3/t8-/m1/s1. The van der Waals surface area contributed by atoms with Crippen LogP contribution in [0.4, 0.5) is 0 Å². The van der Waals surface area contributed by atoms with E-state index in [0.717, 1.165) is 22.5 Å². The molecule has 0 saturated carbocycles. The lowest BCUT2D eigenvalue weighted by molar-refractivity contribution is 0.0463. The first-order chi connectivity index (χ1) is 7.79. The van der Waals surface area contributed by atoms with Crippen molar-refractivity contribution in [2.75, 3.05) is 13.7 Å². The molecule has 0 N–H and O–H groups in total. The zero-order valence-corrected chi connectivity index (χ0v) is 10.4. The van der Waals surface area contributed by atoms with Crippen LogP contribution < -0.4 is 9.47 Å². The van der Waals surface area contributed by atoms with Gasteiger partial charge in [-0.05, 0) is 28.1 Å². The fourth-order valence-corrected chi connectivity index (χ4v) is 1.85. The molecule has 86 valence electrons. The van der Waals surface area contributed by atoms with Crippen LogP contribution in [0.2, 0.25) is 0 Å². The van der Waals surface area contributed by atoms with Crippen molar-refractivity contribution >= 4 is 20.6 Å². The summed E-state index contributed by atoms with van der Waals surface area (Å²) in [6.07, 6.45) is 0.717. The van der Waals surface area contributed by atoms with Gasteiger partial charge in [0, 0.05) is 6.42 Å². The van der Waals surface area contributed by atoms with Crippen molar-refractivity contribution in [2.24, 2.45) is 5.16 Å². The van der Waals surface area contributed by atoms with Crippen LogP contribution in [0.3, 0.4) is 0 Å². The van der Waals surface area contributed by atoms with Gasteiger partial charge in [-0.25, -0.2) is 0 Å². The van der Waals surface area contributed by atoms with E-state index in [0.29, 0.717) is 6.61 Å². The Morgan fingerprint density at radius 2 is 2.19 bits per heavy atom. The van der Waals surface area contributed by atoms with Gasteiger partial charge in [0.25, 0.3) is 0 Å². The van der Waals surface area contributed by atoms with Gasteiger partial charge in [-0.3, -0.25) is 0 Å². The van der Waals surface area contributed by atoms with Crippen LogP contribution in [0.15, 0.2) is 29.4 Å². The van der Waals surface area contributed by atoms with Crippen LogP contribution in [0.5, 0.6) is 11.5 Å². The Bertz CT molecular complexity index is 395. The molecule has 1 atom stereocenters. The molecule has 1 aromatic carbocycles. The third-order valence-electron chi connectivity index (χ3n) is 2.19. The Balaban J connectivity index is 1.90. The van der Waals surface area contributed by atoms with Gasteiger partial charge in [-0.2, -0.15) is 0 Å². The van der Waals surface area contributed by atoms with Crippen molar-refractivity contribution in [3.63, 3.8) is 0 Å². The van der Waals surface area contributed by atoms with Crippen LogP contribution in [-0.4, -0.2) is 24.4 Å².